The summed E-state index contributed by atoms with van der Waals surface area (Å²) in [7, 11) is 0. The van der Waals surface area contributed by atoms with Gasteiger partial charge in [0.1, 0.15) is 5.82 Å². The largest absolute Gasteiger partial charge is 0.310 e. The van der Waals surface area contributed by atoms with Crippen molar-refractivity contribution in [2.75, 3.05) is 5.32 Å². The monoisotopic (exact) mass is 337 g/mol. The third kappa shape index (κ3) is 2.49. The fraction of sp³-hybridized carbons (Fsp3) is 0.158. The molecule has 1 amide bonds. The third-order valence-corrected chi connectivity index (χ3v) is 4.59. The zero-order valence-electron chi connectivity index (χ0n) is 13.2. The topological polar surface area (TPSA) is 46.9 Å². The van der Waals surface area contributed by atoms with Crippen molar-refractivity contribution in [2.24, 2.45) is 0 Å². The van der Waals surface area contributed by atoms with Gasteiger partial charge in [0.2, 0.25) is 5.91 Å². The fourth-order valence-corrected chi connectivity index (χ4v) is 3.51. The zero-order chi connectivity index (χ0) is 16.7. The van der Waals surface area contributed by atoms with Gasteiger partial charge in [0.05, 0.1) is 11.4 Å². The molecule has 0 aliphatic carbocycles. The van der Waals surface area contributed by atoms with Gasteiger partial charge in [-0.2, -0.15) is 5.10 Å². The Balaban J connectivity index is 1.89. The van der Waals surface area contributed by atoms with Crippen molar-refractivity contribution in [3.05, 3.63) is 76.4 Å². The van der Waals surface area contributed by atoms with Crippen LogP contribution in [0, 0.1) is 6.92 Å². The predicted octanol–water partition coefficient (Wildman–Crippen LogP) is 4.31. The molecule has 0 saturated heterocycles. The number of aromatic nitrogens is 2. The highest BCUT2D eigenvalue weighted by Crippen LogP contribution is 2.40. The second-order valence-corrected chi connectivity index (χ2v) is 6.39. The molecule has 2 heterocycles. The molecule has 1 aliphatic heterocycles. The second kappa shape index (κ2) is 5.80. The van der Waals surface area contributed by atoms with Crippen molar-refractivity contribution in [1.29, 1.82) is 0 Å². The Labute approximate surface area is 145 Å². The maximum Gasteiger partial charge on any atom is 0.226 e. The first-order chi connectivity index (χ1) is 11.6. The molecular formula is C19H16ClN3O. The number of para-hydroxylation sites is 1. The smallest absolute Gasteiger partial charge is 0.226 e. The highest BCUT2D eigenvalue weighted by Gasteiger charge is 2.32. The van der Waals surface area contributed by atoms with Gasteiger partial charge in [-0.1, -0.05) is 41.9 Å². The number of nitrogens with one attached hydrogen (secondary N) is 1. The van der Waals surface area contributed by atoms with Crippen molar-refractivity contribution in [3.8, 4) is 5.69 Å². The molecule has 4 nitrogen and oxygen atoms in total. The molecule has 0 saturated carbocycles. The van der Waals surface area contributed by atoms with Crippen molar-refractivity contribution in [1.82, 2.24) is 9.78 Å². The molecule has 4 rings (SSSR count). The van der Waals surface area contributed by atoms with Gasteiger partial charge in [0.25, 0.3) is 0 Å². The van der Waals surface area contributed by atoms with E-state index in [-0.39, 0.29) is 11.8 Å². The number of fused-ring (bicyclic) bond motifs is 1. The normalized spacial score (nSPS) is 16.6. The summed E-state index contributed by atoms with van der Waals surface area (Å²) in [5, 5.41) is 8.33. The van der Waals surface area contributed by atoms with Crippen LogP contribution in [0.1, 0.15) is 29.2 Å². The number of benzene rings is 2. The van der Waals surface area contributed by atoms with E-state index in [2.05, 4.69) is 10.4 Å². The summed E-state index contributed by atoms with van der Waals surface area (Å²) < 4.78 is 1.80. The summed E-state index contributed by atoms with van der Waals surface area (Å²) >= 11 is 6.15. The van der Waals surface area contributed by atoms with Crippen molar-refractivity contribution in [2.45, 2.75) is 19.3 Å². The van der Waals surface area contributed by atoms with E-state index >= 15 is 0 Å². The number of carbonyl (C=O) groups is 1. The highest BCUT2D eigenvalue weighted by atomic mass is 35.5. The minimum absolute atomic E-state index is 0.00967. The van der Waals surface area contributed by atoms with Gasteiger partial charge >= 0.3 is 0 Å². The van der Waals surface area contributed by atoms with E-state index in [9.17, 15) is 4.79 Å². The van der Waals surface area contributed by atoms with E-state index < -0.39 is 0 Å². The average molecular weight is 338 g/mol. The van der Waals surface area contributed by atoms with Crippen LogP contribution in [0.3, 0.4) is 0 Å². The van der Waals surface area contributed by atoms with E-state index in [0.29, 0.717) is 11.4 Å². The summed E-state index contributed by atoms with van der Waals surface area (Å²) in [4.78, 5) is 12.3. The van der Waals surface area contributed by atoms with Crippen LogP contribution in [-0.4, -0.2) is 15.7 Å². The highest BCUT2D eigenvalue weighted by molar-refractivity contribution is 6.30. The maximum atomic E-state index is 12.3. The number of nitrogens with zero attached hydrogens (tertiary/aromatic N) is 2. The van der Waals surface area contributed by atoms with Crippen LogP contribution in [0.4, 0.5) is 5.82 Å². The Kier molecular flexibility index (Phi) is 3.62. The molecule has 1 unspecified atom stereocenters. The molecule has 1 atom stereocenters. The zero-order valence-corrected chi connectivity index (χ0v) is 13.9. The number of amides is 1. The van der Waals surface area contributed by atoms with Gasteiger partial charge in [-0.3, -0.25) is 4.79 Å². The first-order valence-corrected chi connectivity index (χ1v) is 8.21. The lowest BCUT2D eigenvalue weighted by Gasteiger charge is -2.24. The minimum atomic E-state index is -0.0371. The number of halogens is 1. The van der Waals surface area contributed by atoms with Gasteiger partial charge < -0.3 is 5.32 Å². The van der Waals surface area contributed by atoms with E-state index in [1.807, 2.05) is 61.5 Å². The van der Waals surface area contributed by atoms with Crippen LogP contribution in [0.15, 0.2) is 54.6 Å². The third-order valence-electron chi connectivity index (χ3n) is 4.35. The first kappa shape index (κ1) is 15.0. The lowest BCUT2D eigenvalue weighted by molar-refractivity contribution is -0.116. The summed E-state index contributed by atoms with van der Waals surface area (Å²) in [5.41, 5.74) is 3.93. The van der Waals surface area contributed by atoms with Gasteiger partial charge in [0.15, 0.2) is 0 Å². The lowest BCUT2D eigenvalue weighted by atomic mass is 9.86. The Morgan fingerprint density at radius 2 is 1.96 bits per heavy atom. The lowest BCUT2D eigenvalue weighted by Crippen LogP contribution is -2.24. The summed E-state index contributed by atoms with van der Waals surface area (Å²) in [6.07, 6.45) is 0.397. The number of hydrogen-bond donors (Lipinski definition) is 1. The van der Waals surface area contributed by atoms with Gasteiger partial charge in [-0.25, -0.2) is 4.68 Å². The van der Waals surface area contributed by atoms with Crippen molar-refractivity contribution < 1.29 is 4.79 Å². The van der Waals surface area contributed by atoms with Crippen LogP contribution in [0.2, 0.25) is 5.02 Å². The van der Waals surface area contributed by atoms with Crippen LogP contribution in [-0.2, 0) is 4.79 Å². The average Bonchev–Trinajstić information content (AvgIpc) is 2.91. The number of aryl methyl sites for hydroxylation is 1. The Morgan fingerprint density at radius 3 is 2.71 bits per heavy atom. The van der Waals surface area contributed by atoms with Crippen LogP contribution in [0.5, 0.6) is 0 Å². The fourth-order valence-electron chi connectivity index (χ4n) is 3.31. The molecule has 2 aromatic carbocycles. The summed E-state index contributed by atoms with van der Waals surface area (Å²) in [6.45, 7) is 1.98. The van der Waals surface area contributed by atoms with Crippen LogP contribution >= 0.6 is 11.6 Å². The summed E-state index contributed by atoms with van der Waals surface area (Å²) in [6, 6.07) is 17.5. The molecule has 0 spiro atoms. The van der Waals surface area contributed by atoms with Crippen molar-refractivity contribution in [3.63, 3.8) is 0 Å². The molecule has 0 fully saturated rings. The molecule has 3 aromatic rings. The summed E-state index contributed by atoms with van der Waals surface area (Å²) in [5.74, 6) is 0.703. The van der Waals surface area contributed by atoms with E-state index in [4.69, 9.17) is 11.6 Å². The molecule has 1 aliphatic rings. The second-order valence-electron chi connectivity index (χ2n) is 5.95. The van der Waals surface area contributed by atoms with E-state index in [0.717, 1.165) is 28.3 Å². The van der Waals surface area contributed by atoms with Gasteiger partial charge in [-0.05, 0) is 36.8 Å². The molecule has 120 valence electrons. The maximum absolute atomic E-state index is 12.3. The molecule has 0 bridgehead atoms. The minimum Gasteiger partial charge on any atom is -0.310 e. The van der Waals surface area contributed by atoms with Crippen molar-refractivity contribution >= 4 is 23.3 Å². The van der Waals surface area contributed by atoms with E-state index in [1.54, 1.807) is 4.68 Å². The van der Waals surface area contributed by atoms with Gasteiger partial charge in [-0.15, -0.1) is 0 Å². The van der Waals surface area contributed by atoms with Crippen LogP contribution in [0.25, 0.3) is 5.69 Å². The standard InChI is InChI=1S/C19H16ClN3O/c1-12-18-16(13-6-5-7-14(20)10-13)11-17(24)21-19(18)23(22-12)15-8-3-2-4-9-15/h2-10,16H,11H2,1H3,(H,21,24). The number of anilines is 1. The molecular weight excluding hydrogens is 322 g/mol. The Bertz CT molecular complexity index is 918. The predicted molar refractivity (Wildman–Crippen MR) is 94.8 cm³/mol. The molecule has 0 radical (unpaired) electrons. The van der Waals surface area contributed by atoms with Crippen LogP contribution < -0.4 is 5.32 Å². The number of hydrogen-bond acceptors (Lipinski definition) is 2. The number of carbonyl (C=O) groups excluding carboxylic acids is 1. The number of rotatable bonds is 2. The molecule has 24 heavy (non-hydrogen) atoms. The quantitative estimate of drug-likeness (QED) is 0.757. The molecule has 1 N–H and O–H groups in total. The first-order valence-electron chi connectivity index (χ1n) is 7.84. The van der Waals surface area contributed by atoms with E-state index in [1.165, 1.54) is 0 Å². The molecule has 1 aromatic heterocycles. The molecule has 5 heteroatoms. The SMILES string of the molecule is Cc1nn(-c2ccccc2)c2c1C(c1cccc(Cl)c1)CC(=O)N2. The Hall–Kier alpha value is -2.59. The Morgan fingerprint density at radius 1 is 1.17 bits per heavy atom. The van der Waals surface area contributed by atoms with Gasteiger partial charge in [0, 0.05) is 22.9 Å².